The van der Waals surface area contributed by atoms with E-state index in [9.17, 15) is 14.4 Å². The Balaban J connectivity index is 1.64. The van der Waals surface area contributed by atoms with Crippen LogP contribution in [0.15, 0.2) is 18.2 Å². The van der Waals surface area contributed by atoms with Gasteiger partial charge in [-0.05, 0) is 50.5 Å². The number of carbonyl (C=O) groups is 3. The van der Waals surface area contributed by atoms with E-state index < -0.39 is 6.04 Å². The van der Waals surface area contributed by atoms with Crippen LogP contribution in [-0.2, 0) is 22.7 Å². The van der Waals surface area contributed by atoms with Crippen molar-refractivity contribution in [2.45, 2.75) is 57.7 Å². The van der Waals surface area contributed by atoms with Crippen molar-refractivity contribution < 1.29 is 14.4 Å². The highest BCUT2D eigenvalue weighted by atomic mass is 16.2. The van der Waals surface area contributed by atoms with Crippen LogP contribution >= 0.6 is 0 Å². The van der Waals surface area contributed by atoms with Gasteiger partial charge < -0.3 is 15.5 Å². The van der Waals surface area contributed by atoms with Crippen molar-refractivity contribution in [3.05, 3.63) is 34.9 Å². The highest BCUT2D eigenvalue weighted by Gasteiger charge is 2.39. The van der Waals surface area contributed by atoms with Crippen molar-refractivity contribution in [3.8, 4) is 0 Å². The number of hydrogen-bond acceptors (Lipinski definition) is 5. The Bertz CT molecular complexity index is 749. The minimum Gasteiger partial charge on any atom is -0.330 e. The Hall–Kier alpha value is -2.25. The second-order valence-corrected chi connectivity index (χ2v) is 7.79. The summed E-state index contributed by atoms with van der Waals surface area (Å²) in [6.45, 7) is 2.85. The average molecular weight is 386 g/mol. The van der Waals surface area contributed by atoms with Gasteiger partial charge in [0.25, 0.3) is 5.91 Å². The quantitative estimate of drug-likeness (QED) is 0.494. The SMILES string of the molecule is CN(CCCCCCN)Cc1cccc2c1C(=O)N(C1CCC(=O)NC1=O)C2. The Morgan fingerprint density at radius 2 is 1.96 bits per heavy atom. The minimum atomic E-state index is -0.564. The number of nitrogens with one attached hydrogen (secondary N) is 1. The molecule has 2 aliphatic heterocycles. The fourth-order valence-corrected chi connectivity index (χ4v) is 4.07. The molecular weight excluding hydrogens is 356 g/mol. The van der Waals surface area contributed by atoms with Gasteiger partial charge in [-0.25, -0.2) is 0 Å². The molecular formula is C21H30N4O3. The Kier molecular flexibility index (Phi) is 6.80. The van der Waals surface area contributed by atoms with Gasteiger partial charge in [0.1, 0.15) is 6.04 Å². The van der Waals surface area contributed by atoms with Gasteiger partial charge >= 0.3 is 0 Å². The molecule has 0 bridgehead atoms. The van der Waals surface area contributed by atoms with Gasteiger partial charge in [0, 0.05) is 25.1 Å². The molecule has 2 heterocycles. The van der Waals surface area contributed by atoms with E-state index in [0.717, 1.165) is 55.5 Å². The maximum atomic E-state index is 13.1. The predicted octanol–water partition coefficient (Wildman–Crippen LogP) is 1.40. The molecule has 2 aliphatic rings. The van der Waals surface area contributed by atoms with Crippen LogP contribution in [0.3, 0.4) is 0 Å². The Morgan fingerprint density at radius 3 is 2.71 bits per heavy atom. The second-order valence-electron chi connectivity index (χ2n) is 7.79. The van der Waals surface area contributed by atoms with Gasteiger partial charge in [-0.15, -0.1) is 0 Å². The number of benzene rings is 1. The number of amides is 3. The topological polar surface area (TPSA) is 95.7 Å². The normalized spacial score (nSPS) is 19.3. The van der Waals surface area contributed by atoms with Crippen molar-refractivity contribution in [1.29, 1.82) is 0 Å². The molecule has 3 N–H and O–H groups in total. The molecule has 3 amide bonds. The number of unbranched alkanes of at least 4 members (excludes halogenated alkanes) is 3. The summed E-state index contributed by atoms with van der Waals surface area (Å²) in [7, 11) is 2.07. The summed E-state index contributed by atoms with van der Waals surface area (Å²) in [5, 5.41) is 2.35. The zero-order chi connectivity index (χ0) is 20.1. The van der Waals surface area contributed by atoms with Crippen LogP contribution in [-0.4, -0.2) is 53.7 Å². The fraction of sp³-hybridized carbons (Fsp3) is 0.571. The molecule has 152 valence electrons. The molecule has 0 aliphatic carbocycles. The molecule has 1 aromatic rings. The number of fused-ring (bicyclic) bond motifs is 1. The summed E-state index contributed by atoms with van der Waals surface area (Å²) in [6.07, 6.45) is 5.17. The van der Waals surface area contributed by atoms with E-state index in [2.05, 4.69) is 17.3 Å². The molecule has 0 aromatic heterocycles. The zero-order valence-electron chi connectivity index (χ0n) is 16.6. The first kappa shape index (κ1) is 20.5. The van der Waals surface area contributed by atoms with E-state index in [-0.39, 0.29) is 24.1 Å². The van der Waals surface area contributed by atoms with Crippen molar-refractivity contribution in [2.24, 2.45) is 5.73 Å². The highest BCUT2D eigenvalue weighted by molar-refractivity contribution is 6.05. The molecule has 1 atom stereocenters. The predicted molar refractivity (Wildman–Crippen MR) is 106 cm³/mol. The van der Waals surface area contributed by atoms with Crippen molar-refractivity contribution in [1.82, 2.24) is 15.1 Å². The molecule has 3 rings (SSSR count). The van der Waals surface area contributed by atoms with Crippen molar-refractivity contribution in [2.75, 3.05) is 20.1 Å². The van der Waals surface area contributed by atoms with E-state index in [1.165, 1.54) is 0 Å². The minimum absolute atomic E-state index is 0.101. The van der Waals surface area contributed by atoms with Gasteiger partial charge in [-0.1, -0.05) is 31.0 Å². The van der Waals surface area contributed by atoms with E-state index in [0.29, 0.717) is 19.5 Å². The lowest BCUT2D eigenvalue weighted by molar-refractivity contribution is -0.136. The van der Waals surface area contributed by atoms with Gasteiger partial charge in [-0.3, -0.25) is 19.7 Å². The summed E-state index contributed by atoms with van der Waals surface area (Å²) >= 11 is 0. The number of piperidine rings is 1. The molecule has 28 heavy (non-hydrogen) atoms. The van der Waals surface area contributed by atoms with Crippen LogP contribution in [0, 0.1) is 0 Å². The first-order valence-electron chi connectivity index (χ1n) is 10.1. The Morgan fingerprint density at radius 1 is 1.18 bits per heavy atom. The van der Waals surface area contributed by atoms with Crippen LogP contribution in [0.4, 0.5) is 0 Å². The van der Waals surface area contributed by atoms with Crippen molar-refractivity contribution >= 4 is 17.7 Å². The lowest BCUT2D eigenvalue weighted by Gasteiger charge is -2.29. The summed E-state index contributed by atoms with van der Waals surface area (Å²) < 4.78 is 0. The van der Waals surface area contributed by atoms with Gasteiger partial charge in [0.15, 0.2) is 0 Å². The third-order valence-corrected chi connectivity index (χ3v) is 5.57. The van der Waals surface area contributed by atoms with Crippen LogP contribution in [0.25, 0.3) is 0 Å². The van der Waals surface area contributed by atoms with Gasteiger partial charge in [-0.2, -0.15) is 0 Å². The van der Waals surface area contributed by atoms with E-state index in [1.54, 1.807) is 4.90 Å². The number of imide groups is 1. The van der Waals surface area contributed by atoms with E-state index >= 15 is 0 Å². The lowest BCUT2D eigenvalue weighted by atomic mass is 10.0. The highest BCUT2D eigenvalue weighted by Crippen LogP contribution is 2.30. The standard InChI is InChI=1S/C21H30N4O3/c1-24(12-5-3-2-4-11-22)13-15-7-6-8-16-14-25(21(28)19(15)16)17-9-10-18(26)23-20(17)27/h6-8,17H,2-5,9-14,22H2,1H3,(H,23,26,27). The third-order valence-electron chi connectivity index (χ3n) is 5.57. The molecule has 1 aromatic carbocycles. The van der Waals surface area contributed by atoms with Crippen LogP contribution in [0.5, 0.6) is 0 Å². The maximum absolute atomic E-state index is 13.1. The number of rotatable bonds is 9. The second kappa shape index (κ2) is 9.30. The Labute approximate surface area is 166 Å². The molecule has 0 radical (unpaired) electrons. The maximum Gasteiger partial charge on any atom is 0.255 e. The fourth-order valence-electron chi connectivity index (χ4n) is 4.07. The van der Waals surface area contributed by atoms with Crippen LogP contribution in [0.2, 0.25) is 0 Å². The summed E-state index contributed by atoms with van der Waals surface area (Å²) in [5.74, 6) is -0.732. The summed E-state index contributed by atoms with van der Waals surface area (Å²) in [4.78, 5) is 40.5. The first-order valence-corrected chi connectivity index (χ1v) is 10.1. The zero-order valence-corrected chi connectivity index (χ0v) is 16.6. The van der Waals surface area contributed by atoms with Crippen molar-refractivity contribution in [3.63, 3.8) is 0 Å². The number of nitrogens with two attached hydrogens (primary N) is 1. The smallest absolute Gasteiger partial charge is 0.255 e. The molecule has 0 spiro atoms. The molecule has 7 nitrogen and oxygen atoms in total. The van der Waals surface area contributed by atoms with Crippen LogP contribution < -0.4 is 11.1 Å². The molecule has 7 heteroatoms. The third kappa shape index (κ3) is 4.59. The van der Waals surface area contributed by atoms with E-state index in [4.69, 9.17) is 5.73 Å². The largest absolute Gasteiger partial charge is 0.330 e. The van der Waals surface area contributed by atoms with E-state index in [1.807, 2.05) is 18.2 Å². The van der Waals surface area contributed by atoms with Crippen LogP contribution in [0.1, 0.15) is 60.0 Å². The number of carbonyl (C=O) groups excluding carboxylic acids is 3. The van der Waals surface area contributed by atoms with Gasteiger partial charge in [0.2, 0.25) is 11.8 Å². The number of nitrogens with zero attached hydrogens (tertiary/aromatic N) is 2. The monoisotopic (exact) mass is 386 g/mol. The number of hydrogen-bond donors (Lipinski definition) is 2. The summed E-state index contributed by atoms with van der Waals surface area (Å²) in [6, 6.07) is 5.36. The molecule has 1 fully saturated rings. The molecule has 1 unspecified atom stereocenters. The molecule has 1 saturated heterocycles. The average Bonchev–Trinajstić information content (AvgIpc) is 2.99. The summed E-state index contributed by atoms with van der Waals surface area (Å²) in [5.41, 5.74) is 8.22. The van der Waals surface area contributed by atoms with Gasteiger partial charge in [0.05, 0.1) is 0 Å². The molecule has 0 saturated carbocycles. The first-order chi connectivity index (χ1) is 13.5. The lowest BCUT2D eigenvalue weighted by Crippen LogP contribution is -2.52.